The summed E-state index contributed by atoms with van der Waals surface area (Å²) in [4.78, 5) is 12.5. The lowest BCUT2D eigenvalue weighted by Crippen LogP contribution is -2.27. The molecular formula is C22H22BrN5O2S. The van der Waals surface area contributed by atoms with E-state index in [0.29, 0.717) is 17.5 Å². The molecule has 2 aromatic carbocycles. The number of hydrogen-bond donors (Lipinski definition) is 1. The number of halogens is 1. The molecule has 0 radical (unpaired) electrons. The zero-order valence-electron chi connectivity index (χ0n) is 17.2. The van der Waals surface area contributed by atoms with Gasteiger partial charge in [0.25, 0.3) is 5.91 Å². The molecule has 0 saturated heterocycles. The third kappa shape index (κ3) is 6.05. The lowest BCUT2D eigenvalue weighted by atomic mass is 10.2. The molecule has 0 fully saturated rings. The van der Waals surface area contributed by atoms with E-state index in [0.717, 1.165) is 21.3 Å². The monoisotopic (exact) mass is 499 g/mol. The molecule has 1 N–H and O–H groups in total. The van der Waals surface area contributed by atoms with Crippen molar-refractivity contribution in [3.8, 4) is 17.1 Å². The Balaban J connectivity index is 1.69. The lowest BCUT2D eigenvalue weighted by molar-refractivity contribution is -0.120. The Labute approximate surface area is 193 Å². The number of carbonyl (C=O) groups excluding carboxylic acids is 1. The predicted molar refractivity (Wildman–Crippen MR) is 127 cm³/mol. The number of aromatic nitrogens is 3. The number of hydrazone groups is 1. The summed E-state index contributed by atoms with van der Waals surface area (Å²) >= 11 is 4.80. The third-order valence-electron chi connectivity index (χ3n) is 4.24. The fourth-order valence-corrected chi connectivity index (χ4v) is 3.96. The predicted octanol–water partition coefficient (Wildman–Crippen LogP) is 4.53. The van der Waals surface area contributed by atoms with Gasteiger partial charge in [-0.15, -0.1) is 16.8 Å². The van der Waals surface area contributed by atoms with Crippen LogP contribution in [0.4, 0.5) is 0 Å². The van der Waals surface area contributed by atoms with Gasteiger partial charge in [0.1, 0.15) is 5.75 Å². The number of hydrogen-bond acceptors (Lipinski definition) is 6. The highest BCUT2D eigenvalue weighted by Gasteiger charge is 2.20. The van der Waals surface area contributed by atoms with Crippen LogP contribution in [0.3, 0.4) is 0 Å². The van der Waals surface area contributed by atoms with Gasteiger partial charge < -0.3 is 4.74 Å². The molecule has 0 aliphatic heterocycles. The highest BCUT2D eigenvalue weighted by Crippen LogP contribution is 2.28. The van der Waals surface area contributed by atoms with Crippen molar-refractivity contribution in [1.29, 1.82) is 0 Å². The van der Waals surface area contributed by atoms with Crippen LogP contribution in [0.15, 0.2) is 75.9 Å². The molecule has 3 aromatic rings. The van der Waals surface area contributed by atoms with Crippen LogP contribution in [0.5, 0.6) is 5.75 Å². The molecule has 0 saturated carbocycles. The van der Waals surface area contributed by atoms with Crippen molar-refractivity contribution in [3.05, 3.63) is 71.2 Å². The molecule has 1 aromatic heterocycles. The smallest absolute Gasteiger partial charge is 0.253 e. The maximum absolute atomic E-state index is 12.5. The van der Waals surface area contributed by atoms with Crippen LogP contribution in [-0.2, 0) is 11.3 Å². The Hall–Kier alpha value is -2.91. The van der Waals surface area contributed by atoms with Crippen LogP contribution in [0, 0.1) is 0 Å². The zero-order valence-corrected chi connectivity index (χ0v) is 19.6. The molecule has 0 aliphatic carbocycles. The summed E-state index contributed by atoms with van der Waals surface area (Å²) < 4.78 is 8.07. The van der Waals surface area contributed by atoms with E-state index in [9.17, 15) is 4.79 Å². The average molecular weight is 500 g/mol. The highest BCUT2D eigenvalue weighted by atomic mass is 79.9. The van der Waals surface area contributed by atoms with Crippen LogP contribution >= 0.6 is 27.7 Å². The Morgan fingerprint density at radius 1 is 1.32 bits per heavy atom. The number of thioether (sulfide) groups is 1. The molecule has 9 heteroatoms. The third-order valence-corrected chi connectivity index (χ3v) is 5.82. The summed E-state index contributed by atoms with van der Waals surface area (Å²) in [7, 11) is 1.60. The van der Waals surface area contributed by atoms with E-state index in [2.05, 4.69) is 43.2 Å². The minimum atomic E-state index is -0.425. The number of carbonyl (C=O) groups is 1. The summed E-state index contributed by atoms with van der Waals surface area (Å²) in [6.07, 6.45) is 3.35. The van der Waals surface area contributed by atoms with Gasteiger partial charge in [0.15, 0.2) is 11.0 Å². The Morgan fingerprint density at radius 3 is 2.87 bits per heavy atom. The van der Waals surface area contributed by atoms with Gasteiger partial charge in [-0.05, 0) is 36.8 Å². The van der Waals surface area contributed by atoms with E-state index in [1.165, 1.54) is 11.8 Å². The molecule has 1 amide bonds. The number of amides is 1. The molecule has 1 heterocycles. The number of nitrogens with zero attached hydrogens (tertiary/aromatic N) is 4. The molecule has 7 nitrogen and oxygen atoms in total. The van der Waals surface area contributed by atoms with Crippen molar-refractivity contribution in [2.75, 3.05) is 7.11 Å². The van der Waals surface area contributed by atoms with Gasteiger partial charge in [-0.1, -0.05) is 58.0 Å². The molecule has 1 unspecified atom stereocenters. The largest absolute Gasteiger partial charge is 0.497 e. The fourth-order valence-electron chi connectivity index (χ4n) is 2.71. The van der Waals surface area contributed by atoms with Gasteiger partial charge >= 0.3 is 0 Å². The van der Waals surface area contributed by atoms with E-state index < -0.39 is 5.25 Å². The maximum Gasteiger partial charge on any atom is 0.253 e. The lowest BCUT2D eigenvalue weighted by Gasteiger charge is -2.11. The first-order valence-electron chi connectivity index (χ1n) is 9.45. The minimum absolute atomic E-state index is 0.235. The zero-order chi connectivity index (χ0) is 22.2. The Bertz CT molecular complexity index is 1100. The van der Waals surface area contributed by atoms with Crippen LogP contribution < -0.4 is 10.2 Å². The van der Waals surface area contributed by atoms with Crippen molar-refractivity contribution in [1.82, 2.24) is 20.2 Å². The molecule has 0 aliphatic rings. The summed E-state index contributed by atoms with van der Waals surface area (Å²) in [6, 6.07) is 15.2. The molecule has 3 rings (SSSR count). The Morgan fingerprint density at radius 2 is 2.13 bits per heavy atom. The van der Waals surface area contributed by atoms with Crippen molar-refractivity contribution < 1.29 is 9.53 Å². The normalized spacial score (nSPS) is 12.0. The number of nitrogens with one attached hydrogen (secondary N) is 1. The molecule has 0 spiro atoms. The number of rotatable bonds is 9. The van der Waals surface area contributed by atoms with Crippen molar-refractivity contribution in [2.24, 2.45) is 5.10 Å². The molecule has 160 valence electrons. The second-order valence-corrected chi connectivity index (χ2v) is 8.71. The van der Waals surface area contributed by atoms with Crippen molar-refractivity contribution in [3.63, 3.8) is 0 Å². The Kier molecular flexibility index (Phi) is 8.02. The average Bonchev–Trinajstić information content (AvgIpc) is 3.16. The van der Waals surface area contributed by atoms with E-state index in [4.69, 9.17) is 4.74 Å². The van der Waals surface area contributed by atoms with Gasteiger partial charge in [-0.25, -0.2) is 5.43 Å². The van der Waals surface area contributed by atoms with E-state index in [1.54, 1.807) is 26.3 Å². The molecule has 0 bridgehead atoms. The summed E-state index contributed by atoms with van der Waals surface area (Å²) in [5.74, 6) is 1.20. The van der Waals surface area contributed by atoms with Crippen LogP contribution in [-0.4, -0.2) is 39.2 Å². The number of ether oxygens (including phenoxy) is 1. The van der Waals surface area contributed by atoms with Gasteiger partial charge in [-0.2, -0.15) is 5.10 Å². The molecule has 31 heavy (non-hydrogen) atoms. The van der Waals surface area contributed by atoms with Crippen molar-refractivity contribution in [2.45, 2.75) is 23.9 Å². The van der Waals surface area contributed by atoms with Crippen LogP contribution in [0.2, 0.25) is 0 Å². The maximum atomic E-state index is 12.5. The fraction of sp³-hybridized carbons (Fsp3) is 0.182. The van der Waals surface area contributed by atoms with Crippen LogP contribution in [0.1, 0.15) is 12.5 Å². The SMILES string of the molecule is C=CCn1c(SC(C)C(=O)NN=Cc2cccc(OC)c2)nnc1-c1cccc(Br)c1. The number of allylic oxidation sites excluding steroid dienone is 1. The second-order valence-electron chi connectivity index (χ2n) is 6.49. The summed E-state index contributed by atoms with van der Waals surface area (Å²) in [6.45, 7) is 6.15. The minimum Gasteiger partial charge on any atom is -0.497 e. The highest BCUT2D eigenvalue weighted by molar-refractivity contribution is 9.10. The molecular weight excluding hydrogens is 478 g/mol. The second kappa shape index (κ2) is 10.9. The number of methoxy groups -OCH3 is 1. The van der Waals surface area contributed by atoms with Gasteiger partial charge in [0.2, 0.25) is 0 Å². The van der Waals surface area contributed by atoms with E-state index >= 15 is 0 Å². The summed E-state index contributed by atoms with van der Waals surface area (Å²) in [5.41, 5.74) is 4.32. The standard InChI is InChI=1S/C22H22BrN5O2S/c1-4-11-28-20(17-8-6-9-18(23)13-17)25-27-22(28)31-15(2)21(29)26-24-14-16-7-5-10-19(12-16)30-3/h4-10,12-15H,1,11H2,2-3H3,(H,26,29). The summed E-state index contributed by atoms with van der Waals surface area (Å²) in [5, 5.41) is 12.9. The van der Waals surface area contributed by atoms with Crippen LogP contribution in [0.25, 0.3) is 11.4 Å². The van der Waals surface area contributed by atoms with E-state index in [1.807, 2.05) is 53.1 Å². The number of benzene rings is 2. The van der Waals surface area contributed by atoms with E-state index in [-0.39, 0.29) is 5.91 Å². The van der Waals surface area contributed by atoms with Crippen molar-refractivity contribution >= 4 is 39.8 Å². The van der Waals surface area contributed by atoms with Gasteiger partial charge in [-0.3, -0.25) is 9.36 Å². The first-order chi connectivity index (χ1) is 15.0. The first-order valence-corrected chi connectivity index (χ1v) is 11.1. The molecule has 1 atom stereocenters. The van der Waals surface area contributed by atoms with Gasteiger partial charge in [0.05, 0.1) is 18.6 Å². The quantitative estimate of drug-likeness (QED) is 0.202. The first kappa shape index (κ1) is 22.8. The van der Waals surface area contributed by atoms with Gasteiger partial charge in [0, 0.05) is 16.6 Å². The topological polar surface area (TPSA) is 81.4 Å².